The molecule has 18 heavy (non-hydrogen) atoms. The molecule has 1 aromatic rings. The number of nitrogens with zero attached hydrogens (tertiary/aromatic N) is 1. The highest BCUT2D eigenvalue weighted by molar-refractivity contribution is 9.10. The average Bonchev–Trinajstić information content (AvgIpc) is 2.41. The molecule has 0 saturated carbocycles. The summed E-state index contributed by atoms with van der Waals surface area (Å²) in [4.78, 5) is 14.3. The third-order valence-electron chi connectivity index (χ3n) is 3.03. The van der Waals surface area contributed by atoms with E-state index in [0.717, 1.165) is 15.6 Å². The van der Waals surface area contributed by atoms with Crippen LogP contribution in [0, 0.1) is 6.92 Å². The zero-order chi connectivity index (χ0) is 13.1. The summed E-state index contributed by atoms with van der Waals surface area (Å²) in [6.07, 6.45) is -0.0585. The lowest BCUT2D eigenvalue weighted by atomic mass is 10.1. The molecule has 1 amide bonds. The highest BCUT2D eigenvalue weighted by Gasteiger charge is 2.25. The summed E-state index contributed by atoms with van der Waals surface area (Å²) >= 11 is 9.18. The summed E-state index contributed by atoms with van der Waals surface area (Å²) < 4.78 is 6.38. The maximum absolute atomic E-state index is 12.4. The third-order valence-corrected chi connectivity index (χ3v) is 3.87. The van der Waals surface area contributed by atoms with Gasteiger partial charge in [-0.05, 0) is 24.6 Å². The fraction of sp³-hybridized carbons (Fsp3) is 0.462. The number of alkyl halides is 1. The lowest BCUT2D eigenvalue weighted by molar-refractivity contribution is -0.0108. The fourth-order valence-electron chi connectivity index (χ4n) is 1.99. The number of hydrogen-bond acceptors (Lipinski definition) is 2. The third kappa shape index (κ3) is 3.05. The van der Waals surface area contributed by atoms with Crippen molar-refractivity contribution in [1.82, 2.24) is 4.90 Å². The van der Waals surface area contributed by atoms with Crippen molar-refractivity contribution >= 4 is 33.4 Å². The van der Waals surface area contributed by atoms with Crippen molar-refractivity contribution in [2.24, 2.45) is 0 Å². The number of carbonyl (C=O) groups excluding carboxylic acids is 1. The van der Waals surface area contributed by atoms with Crippen LogP contribution in [-0.2, 0) is 4.74 Å². The van der Waals surface area contributed by atoms with Crippen LogP contribution in [0.4, 0.5) is 0 Å². The minimum absolute atomic E-state index is 0.0483. The van der Waals surface area contributed by atoms with E-state index < -0.39 is 0 Å². The molecule has 2 rings (SSSR count). The summed E-state index contributed by atoms with van der Waals surface area (Å²) in [6, 6.07) is 5.74. The molecule has 1 saturated heterocycles. The Bertz CT molecular complexity index is 453. The van der Waals surface area contributed by atoms with E-state index in [1.54, 1.807) is 0 Å². The highest BCUT2D eigenvalue weighted by Crippen LogP contribution is 2.19. The second-order valence-electron chi connectivity index (χ2n) is 4.36. The van der Waals surface area contributed by atoms with Crippen molar-refractivity contribution in [1.29, 1.82) is 0 Å². The monoisotopic (exact) mass is 331 g/mol. The van der Waals surface area contributed by atoms with Crippen LogP contribution >= 0.6 is 27.5 Å². The van der Waals surface area contributed by atoms with E-state index in [-0.39, 0.29) is 12.0 Å². The van der Waals surface area contributed by atoms with Crippen molar-refractivity contribution in [3.05, 3.63) is 33.8 Å². The predicted molar refractivity (Wildman–Crippen MR) is 75.2 cm³/mol. The van der Waals surface area contributed by atoms with Gasteiger partial charge in [0, 0.05) is 23.1 Å². The molecule has 1 heterocycles. The first-order chi connectivity index (χ1) is 8.61. The van der Waals surface area contributed by atoms with Crippen molar-refractivity contribution in [3.8, 4) is 0 Å². The summed E-state index contributed by atoms with van der Waals surface area (Å²) in [6.45, 7) is 3.68. The van der Waals surface area contributed by atoms with Crippen molar-refractivity contribution in [3.63, 3.8) is 0 Å². The molecule has 0 bridgehead atoms. The topological polar surface area (TPSA) is 29.5 Å². The van der Waals surface area contributed by atoms with E-state index in [0.29, 0.717) is 25.6 Å². The van der Waals surface area contributed by atoms with Gasteiger partial charge in [-0.15, -0.1) is 11.6 Å². The molecule has 0 aromatic heterocycles. The van der Waals surface area contributed by atoms with E-state index >= 15 is 0 Å². The quantitative estimate of drug-likeness (QED) is 0.780. The summed E-state index contributed by atoms with van der Waals surface area (Å²) in [5.74, 6) is 0.466. The van der Waals surface area contributed by atoms with Crippen molar-refractivity contribution < 1.29 is 9.53 Å². The van der Waals surface area contributed by atoms with Crippen molar-refractivity contribution in [2.75, 3.05) is 25.6 Å². The fourth-order valence-corrected chi connectivity index (χ4v) is 2.54. The number of morpholine rings is 1. The number of aryl methyl sites for hydroxylation is 1. The average molecular weight is 333 g/mol. The number of hydrogen-bond donors (Lipinski definition) is 0. The van der Waals surface area contributed by atoms with Gasteiger partial charge in [0.2, 0.25) is 0 Å². The van der Waals surface area contributed by atoms with Crippen LogP contribution in [-0.4, -0.2) is 42.5 Å². The van der Waals surface area contributed by atoms with Crippen LogP contribution < -0.4 is 0 Å². The van der Waals surface area contributed by atoms with Gasteiger partial charge < -0.3 is 9.64 Å². The number of halogens is 2. The standard InChI is InChI=1S/C13H15BrClNO2/c1-9-2-3-10(14)6-12(9)13(17)16-4-5-18-11(7-15)8-16/h2-3,6,11H,4-5,7-8H2,1H3. The Labute approximate surface area is 120 Å². The molecule has 1 unspecified atom stereocenters. The van der Waals surface area contributed by atoms with E-state index in [1.165, 1.54) is 0 Å². The minimum atomic E-state index is -0.0585. The molecular formula is C13H15BrClNO2. The molecule has 0 aliphatic carbocycles. The molecule has 1 aliphatic heterocycles. The molecule has 98 valence electrons. The maximum atomic E-state index is 12.4. The molecule has 1 fully saturated rings. The Hall–Kier alpha value is -0.580. The molecule has 1 aliphatic rings. The number of ether oxygens (including phenoxy) is 1. The zero-order valence-corrected chi connectivity index (χ0v) is 12.5. The molecule has 5 heteroatoms. The van der Waals surface area contributed by atoms with Crippen LogP contribution in [0.15, 0.2) is 22.7 Å². The molecule has 1 aromatic carbocycles. The van der Waals surface area contributed by atoms with Gasteiger partial charge in [-0.1, -0.05) is 22.0 Å². The van der Waals surface area contributed by atoms with Crippen LogP contribution in [0.25, 0.3) is 0 Å². The Morgan fingerprint density at radius 2 is 2.39 bits per heavy atom. The van der Waals surface area contributed by atoms with E-state index in [9.17, 15) is 4.79 Å². The van der Waals surface area contributed by atoms with E-state index in [2.05, 4.69) is 15.9 Å². The van der Waals surface area contributed by atoms with Gasteiger partial charge in [-0.25, -0.2) is 0 Å². The van der Waals surface area contributed by atoms with Gasteiger partial charge in [-0.3, -0.25) is 4.79 Å². The SMILES string of the molecule is Cc1ccc(Br)cc1C(=O)N1CCOC(CCl)C1. The predicted octanol–water partition coefficient (Wildman–Crippen LogP) is 2.84. The Balaban J connectivity index is 2.17. The first kappa shape index (κ1) is 13.8. The van der Waals surface area contributed by atoms with E-state index in [1.807, 2.05) is 30.0 Å². The maximum Gasteiger partial charge on any atom is 0.254 e. The lowest BCUT2D eigenvalue weighted by Gasteiger charge is -2.32. The molecule has 1 atom stereocenters. The first-order valence-corrected chi connectivity index (χ1v) is 7.17. The van der Waals surface area contributed by atoms with Crippen LogP contribution in [0.5, 0.6) is 0 Å². The molecular weight excluding hydrogens is 318 g/mol. The van der Waals surface area contributed by atoms with Gasteiger partial charge in [-0.2, -0.15) is 0 Å². The van der Waals surface area contributed by atoms with Crippen LogP contribution in [0.2, 0.25) is 0 Å². The summed E-state index contributed by atoms with van der Waals surface area (Å²) in [7, 11) is 0. The second-order valence-corrected chi connectivity index (χ2v) is 5.58. The van der Waals surface area contributed by atoms with Gasteiger partial charge in [0.25, 0.3) is 5.91 Å². The molecule has 3 nitrogen and oxygen atoms in total. The molecule has 0 N–H and O–H groups in total. The normalized spacial score (nSPS) is 19.9. The largest absolute Gasteiger partial charge is 0.373 e. The van der Waals surface area contributed by atoms with Gasteiger partial charge in [0.15, 0.2) is 0 Å². The van der Waals surface area contributed by atoms with E-state index in [4.69, 9.17) is 16.3 Å². The minimum Gasteiger partial charge on any atom is -0.373 e. The Morgan fingerprint density at radius 3 is 3.11 bits per heavy atom. The number of rotatable bonds is 2. The molecule has 0 radical (unpaired) electrons. The van der Waals surface area contributed by atoms with Gasteiger partial charge in [0.1, 0.15) is 0 Å². The Kier molecular flexibility index (Phi) is 4.65. The number of benzene rings is 1. The molecule has 0 spiro atoms. The summed E-state index contributed by atoms with van der Waals surface area (Å²) in [5, 5.41) is 0. The number of carbonyl (C=O) groups is 1. The van der Waals surface area contributed by atoms with Gasteiger partial charge >= 0.3 is 0 Å². The second kappa shape index (κ2) is 6.04. The van der Waals surface area contributed by atoms with Gasteiger partial charge in [0.05, 0.1) is 18.6 Å². The Morgan fingerprint density at radius 1 is 1.61 bits per heavy atom. The number of amides is 1. The lowest BCUT2D eigenvalue weighted by Crippen LogP contribution is -2.46. The van der Waals surface area contributed by atoms with Crippen LogP contribution in [0.3, 0.4) is 0 Å². The van der Waals surface area contributed by atoms with Crippen molar-refractivity contribution in [2.45, 2.75) is 13.0 Å². The smallest absolute Gasteiger partial charge is 0.254 e. The van der Waals surface area contributed by atoms with Crippen LogP contribution in [0.1, 0.15) is 15.9 Å². The first-order valence-electron chi connectivity index (χ1n) is 5.85. The summed E-state index contributed by atoms with van der Waals surface area (Å²) in [5.41, 5.74) is 1.72. The highest BCUT2D eigenvalue weighted by atomic mass is 79.9. The zero-order valence-electron chi connectivity index (χ0n) is 10.2.